The van der Waals surface area contributed by atoms with Crippen LogP contribution in [0, 0.1) is 0 Å². The lowest BCUT2D eigenvalue weighted by Gasteiger charge is -2.26. The van der Waals surface area contributed by atoms with Crippen LogP contribution in [0.3, 0.4) is 0 Å². The summed E-state index contributed by atoms with van der Waals surface area (Å²) < 4.78 is 0. The number of aliphatic imine (C=N–C) groups is 1. The lowest BCUT2D eigenvalue weighted by molar-refractivity contribution is 0.413. The minimum Gasteiger partial charge on any atom is -0.372 e. The highest BCUT2D eigenvalue weighted by molar-refractivity contribution is 6.22. The van der Waals surface area contributed by atoms with Gasteiger partial charge in [-0.25, -0.2) is 4.99 Å². The molecule has 4 nitrogen and oxygen atoms in total. The van der Waals surface area contributed by atoms with Crippen molar-refractivity contribution in [2.75, 3.05) is 20.8 Å². The molecule has 0 bridgehead atoms. The summed E-state index contributed by atoms with van der Waals surface area (Å²) in [6.45, 7) is 0.791. The minimum absolute atomic E-state index is 0.256. The molecule has 0 saturated carbocycles. The Bertz CT molecular complexity index is 260. The van der Waals surface area contributed by atoms with E-state index in [9.17, 15) is 0 Å². The minimum atomic E-state index is -0.256. The fourth-order valence-corrected chi connectivity index (χ4v) is 1.54. The van der Waals surface area contributed by atoms with Crippen LogP contribution in [0.1, 0.15) is 0 Å². The first-order valence-corrected chi connectivity index (χ1v) is 4.23. The van der Waals surface area contributed by atoms with Gasteiger partial charge in [0.25, 0.3) is 0 Å². The molecule has 0 saturated heterocycles. The van der Waals surface area contributed by atoms with E-state index in [1.54, 1.807) is 0 Å². The summed E-state index contributed by atoms with van der Waals surface area (Å²) in [5.41, 5.74) is 0.803. The average Bonchev–Trinajstić information content (AvgIpc) is 2.32. The molecule has 1 atom stereocenters. The lowest BCUT2D eigenvalue weighted by atomic mass is 10.3. The Morgan fingerprint density at radius 1 is 1.67 bits per heavy atom. The summed E-state index contributed by atoms with van der Waals surface area (Å²) in [6.07, 6.45) is 1.95. The van der Waals surface area contributed by atoms with E-state index in [4.69, 9.17) is 11.6 Å². The van der Waals surface area contributed by atoms with E-state index in [1.165, 1.54) is 0 Å². The molecule has 0 aromatic carbocycles. The quantitative estimate of drug-likeness (QED) is 0.433. The van der Waals surface area contributed by atoms with Crippen LogP contribution in [0.4, 0.5) is 0 Å². The molecule has 5 heteroatoms. The normalized spacial score (nSPS) is 27.8. The highest BCUT2D eigenvalue weighted by atomic mass is 35.5. The van der Waals surface area contributed by atoms with Crippen LogP contribution in [0.15, 0.2) is 16.9 Å². The second-order valence-corrected chi connectivity index (χ2v) is 3.35. The largest absolute Gasteiger partial charge is 0.372 e. The molecule has 66 valence electrons. The number of halogens is 1. The van der Waals surface area contributed by atoms with E-state index in [-0.39, 0.29) is 5.62 Å². The van der Waals surface area contributed by atoms with Crippen molar-refractivity contribution in [1.82, 2.24) is 15.1 Å². The highest BCUT2D eigenvalue weighted by Gasteiger charge is 2.30. The summed E-state index contributed by atoms with van der Waals surface area (Å²) >= 11 is 5.95. The third-order valence-electron chi connectivity index (χ3n) is 2.09. The molecule has 0 aromatic heterocycles. The smallest absolute Gasteiger partial charge is 0.200 e. The molecule has 2 aliphatic heterocycles. The van der Waals surface area contributed by atoms with Crippen LogP contribution in [0.5, 0.6) is 0 Å². The van der Waals surface area contributed by atoms with Gasteiger partial charge in [-0.2, -0.15) is 0 Å². The number of amidine groups is 1. The third kappa shape index (κ3) is 0.948. The Kier molecular flexibility index (Phi) is 1.65. The number of fused-ring (bicyclic) bond motifs is 1. The van der Waals surface area contributed by atoms with Crippen molar-refractivity contribution < 1.29 is 0 Å². The molecule has 0 aliphatic carbocycles. The standard InChI is InChI=1S/C7H11ClN4/c1-11-4-9-3-5-6(11)10-7(8)12(5)2/h3,7,9H,4H2,1-2H3. The first-order valence-electron chi connectivity index (χ1n) is 3.80. The summed E-state index contributed by atoms with van der Waals surface area (Å²) in [7, 11) is 3.92. The van der Waals surface area contributed by atoms with Gasteiger partial charge in [-0.1, -0.05) is 11.6 Å². The lowest BCUT2D eigenvalue weighted by Crippen LogP contribution is -2.40. The first kappa shape index (κ1) is 7.73. The summed E-state index contributed by atoms with van der Waals surface area (Å²) in [5, 5.41) is 3.14. The van der Waals surface area contributed by atoms with E-state index >= 15 is 0 Å². The number of hydrogen-bond acceptors (Lipinski definition) is 4. The van der Waals surface area contributed by atoms with Gasteiger partial charge >= 0.3 is 0 Å². The molecule has 0 spiro atoms. The molecule has 0 fully saturated rings. The number of rotatable bonds is 0. The Labute approximate surface area is 76.5 Å². The van der Waals surface area contributed by atoms with E-state index in [0.717, 1.165) is 18.2 Å². The third-order valence-corrected chi connectivity index (χ3v) is 2.48. The van der Waals surface area contributed by atoms with E-state index in [1.807, 2.05) is 30.1 Å². The van der Waals surface area contributed by atoms with E-state index in [0.29, 0.717) is 0 Å². The van der Waals surface area contributed by atoms with Gasteiger partial charge in [-0.3, -0.25) is 0 Å². The zero-order chi connectivity index (χ0) is 8.72. The van der Waals surface area contributed by atoms with Crippen molar-refractivity contribution in [1.29, 1.82) is 0 Å². The van der Waals surface area contributed by atoms with Gasteiger partial charge in [0.2, 0.25) is 0 Å². The molecule has 1 N–H and O–H groups in total. The number of hydrogen-bond donors (Lipinski definition) is 1. The van der Waals surface area contributed by atoms with Crippen molar-refractivity contribution in [3.63, 3.8) is 0 Å². The van der Waals surface area contributed by atoms with Crippen LogP contribution in [-0.4, -0.2) is 42.0 Å². The topological polar surface area (TPSA) is 30.9 Å². The predicted octanol–water partition coefficient (Wildman–Crippen LogP) is 0.187. The maximum Gasteiger partial charge on any atom is 0.200 e. The Hall–Kier alpha value is -0.900. The molecule has 1 unspecified atom stereocenters. The number of nitrogens with one attached hydrogen (secondary N) is 1. The molecular formula is C7H11ClN4. The van der Waals surface area contributed by atoms with Crippen molar-refractivity contribution in [3.8, 4) is 0 Å². The SMILES string of the molecule is CN1CNC=C2C1=NC(Cl)N2C. The van der Waals surface area contributed by atoms with Crippen LogP contribution in [0.25, 0.3) is 0 Å². The highest BCUT2D eigenvalue weighted by Crippen LogP contribution is 2.23. The second kappa shape index (κ2) is 2.55. The van der Waals surface area contributed by atoms with Crippen LogP contribution in [-0.2, 0) is 0 Å². The van der Waals surface area contributed by atoms with Gasteiger partial charge in [0.1, 0.15) is 0 Å². The maximum absolute atomic E-state index is 5.95. The molecule has 2 aliphatic rings. The molecular weight excluding hydrogens is 176 g/mol. The van der Waals surface area contributed by atoms with Crippen molar-refractivity contribution >= 4 is 17.4 Å². The van der Waals surface area contributed by atoms with Crippen molar-refractivity contribution in [2.24, 2.45) is 4.99 Å². The predicted molar refractivity (Wildman–Crippen MR) is 48.7 cm³/mol. The maximum atomic E-state index is 5.95. The number of alkyl halides is 1. The monoisotopic (exact) mass is 186 g/mol. The summed E-state index contributed by atoms with van der Waals surface area (Å²) in [5.74, 6) is 0.969. The number of nitrogens with zero attached hydrogens (tertiary/aromatic N) is 3. The molecule has 2 heterocycles. The van der Waals surface area contributed by atoms with E-state index in [2.05, 4.69) is 10.3 Å². The molecule has 0 radical (unpaired) electrons. The van der Waals surface area contributed by atoms with Crippen molar-refractivity contribution in [2.45, 2.75) is 5.62 Å². The van der Waals surface area contributed by atoms with Gasteiger partial charge < -0.3 is 15.1 Å². The summed E-state index contributed by atoms with van der Waals surface area (Å²) in [6, 6.07) is 0. The second-order valence-electron chi connectivity index (χ2n) is 2.96. The molecule has 2 rings (SSSR count). The Balaban J connectivity index is 2.35. The number of likely N-dealkylation sites (N-methyl/N-ethyl adjacent to an activating group) is 2. The average molecular weight is 187 g/mol. The van der Waals surface area contributed by atoms with Crippen LogP contribution in [0.2, 0.25) is 0 Å². The fraction of sp³-hybridized carbons (Fsp3) is 0.571. The first-order chi connectivity index (χ1) is 5.70. The Morgan fingerprint density at radius 2 is 2.42 bits per heavy atom. The van der Waals surface area contributed by atoms with Crippen LogP contribution >= 0.6 is 11.6 Å². The van der Waals surface area contributed by atoms with Gasteiger partial charge in [-0.15, -0.1) is 0 Å². The zero-order valence-corrected chi connectivity index (χ0v) is 7.84. The Morgan fingerprint density at radius 3 is 3.08 bits per heavy atom. The van der Waals surface area contributed by atoms with Crippen molar-refractivity contribution in [3.05, 3.63) is 11.9 Å². The molecule has 12 heavy (non-hydrogen) atoms. The van der Waals surface area contributed by atoms with Gasteiger partial charge in [0, 0.05) is 20.3 Å². The van der Waals surface area contributed by atoms with Gasteiger partial charge in [0.15, 0.2) is 11.5 Å². The van der Waals surface area contributed by atoms with Gasteiger partial charge in [-0.05, 0) is 0 Å². The fourth-order valence-electron chi connectivity index (χ4n) is 1.34. The van der Waals surface area contributed by atoms with E-state index < -0.39 is 0 Å². The molecule has 0 amide bonds. The molecule has 0 aromatic rings. The van der Waals surface area contributed by atoms with Crippen LogP contribution < -0.4 is 5.32 Å². The zero-order valence-electron chi connectivity index (χ0n) is 7.08. The van der Waals surface area contributed by atoms with Gasteiger partial charge in [0.05, 0.1) is 12.4 Å². The summed E-state index contributed by atoms with van der Waals surface area (Å²) in [4.78, 5) is 8.26.